The number of rotatable bonds is 2. The molecule has 18 heavy (non-hydrogen) atoms. The van der Waals surface area contributed by atoms with Gasteiger partial charge in [-0.05, 0) is 44.9 Å². The summed E-state index contributed by atoms with van der Waals surface area (Å²) in [6.45, 7) is 12.8. The fraction of sp³-hybridized carbons (Fsp3) is 1.00. The maximum absolute atomic E-state index is 6.16. The van der Waals surface area contributed by atoms with Gasteiger partial charge in [-0.25, -0.2) is 0 Å². The fourth-order valence-electron chi connectivity index (χ4n) is 3.46. The van der Waals surface area contributed by atoms with Gasteiger partial charge < -0.3 is 10.5 Å². The molecule has 0 bridgehead atoms. The monoisotopic (exact) mass is 254 g/mol. The van der Waals surface area contributed by atoms with E-state index < -0.39 is 0 Å². The maximum atomic E-state index is 6.16. The van der Waals surface area contributed by atoms with Gasteiger partial charge in [-0.3, -0.25) is 4.90 Å². The summed E-state index contributed by atoms with van der Waals surface area (Å²) in [7, 11) is 0. The van der Waals surface area contributed by atoms with Crippen molar-refractivity contribution in [3.8, 4) is 0 Å². The number of hydrogen-bond donors (Lipinski definition) is 1. The van der Waals surface area contributed by atoms with E-state index in [1.54, 1.807) is 0 Å². The average Bonchev–Trinajstić information content (AvgIpc) is 2.28. The van der Waals surface area contributed by atoms with E-state index in [0.717, 1.165) is 26.2 Å². The molecule has 0 amide bonds. The SMILES string of the molecule is CC1(C)CCC(CN)(N2CCOC(C)(C)C2)CC1. The summed E-state index contributed by atoms with van der Waals surface area (Å²) in [6, 6.07) is 0. The van der Waals surface area contributed by atoms with Crippen LogP contribution in [-0.4, -0.2) is 42.3 Å². The van der Waals surface area contributed by atoms with Crippen LogP contribution in [0.5, 0.6) is 0 Å². The number of ether oxygens (including phenoxy) is 1. The van der Waals surface area contributed by atoms with Crippen molar-refractivity contribution in [3.63, 3.8) is 0 Å². The number of nitrogens with zero attached hydrogens (tertiary/aromatic N) is 1. The molecule has 2 rings (SSSR count). The van der Waals surface area contributed by atoms with Crippen LogP contribution in [0, 0.1) is 5.41 Å². The van der Waals surface area contributed by atoms with Crippen molar-refractivity contribution < 1.29 is 4.74 Å². The molecule has 1 saturated heterocycles. The first-order chi connectivity index (χ1) is 8.29. The second kappa shape index (κ2) is 4.77. The van der Waals surface area contributed by atoms with Crippen molar-refractivity contribution in [2.75, 3.05) is 26.2 Å². The summed E-state index contributed by atoms with van der Waals surface area (Å²) in [6.07, 6.45) is 5.07. The molecule has 0 aromatic carbocycles. The Hall–Kier alpha value is -0.120. The van der Waals surface area contributed by atoms with Crippen LogP contribution in [0.25, 0.3) is 0 Å². The molecule has 0 aromatic heterocycles. The number of nitrogens with two attached hydrogens (primary N) is 1. The van der Waals surface area contributed by atoms with Crippen molar-refractivity contribution in [2.24, 2.45) is 11.1 Å². The van der Waals surface area contributed by atoms with Crippen molar-refractivity contribution >= 4 is 0 Å². The standard InChI is InChI=1S/C15H30N2O/c1-13(2)5-7-15(11-16,8-6-13)17-9-10-18-14(3,4)12-17/h5-12,16H2,1-4H3. The maximum Gasteiger partial charge on any atom is 0.0753 e. The van der Waals surface area contributed by atoms with Crippen molar-refractivity contribution in [3.05, 3.63) is 0 Å². The lowest BCUT2D eigenvalue weighted by Crippen LogP contribution is -2.63. The lowest BCUT2D eigenvalue weighted by atomic mass is 9.68. The average molecular weight is 254 g/mol. The molecule has 0 radical (unpaired) electrons. The molecule has 0 spiro atoms. The van der Waals surface area contributed by atoms with Gasteiger partial charge in [0.1, 0.15) is 0 Å². The van der Waals surface area contributed by atoms with E-state index in [1.165, 1.54) is 25.7 Å². The van der Waals surface area contributed by atoms with Crippen LogP contribution < -0.4 is 5.73 Å². The Morgan fingerprint density at radius 3 is 2.17 bits per heavy atom. The van der Waals surface area contributed by atoms with E-state index in [1.807, 2.05) is 0 Å². The van der Waals surface area contributed by atoms with E-state index >= 15 is 0 Å². The van der Waals surface area contributed by atoms with Gasteiger partial charge in [-0.1, -0.05) is 13.8 Å². The number of hydrogen-bond acceptors (Lipinski definition) is 3. The first-order valence-corrected chi connectivity index (χ1v) is 7.38. The topological polar surface area (TPSA) is 38.5 Å². The van der Waals surface area contributed by atoms with E-state index in [2.05, 4.69) is 32.6 Å². The molecule has 1 heterocycles. The van der Waals surface area contributed by atoms with Crippen LogP contribution in [0.2, 0.25) is 0 Å². The van der Waals surface area contributed by atoms with E-state index in [-0.39, 0.29) is 11.1 Å². The van der Waals surface area contributed by atoms with E-state index in [9.17, 15) is 0 Å². The van der Waals surface area contributed by atoms with E-state index in [0.29, 0.717) is 5.41 Å². The Kier molecular flexibility index (Phi) is 3.79. The first-order valence-electron chi connectivity index (χ1n) is 7.38. The third-order valence-corrected chi connectivity index (χ3v) is 5.01. The minimum Gasteiger partial charge on any atom is -0.373 e. The Bertz CT molecular complexity index is 289. The third-order valence-electron chi connectivity index (χ3n) is 5.01. The fourth-order valence-corrected chi connectivity index (χ4v) is 3.46. The molecule has 1 aliphatic heterocycles. The highest BCUT2D eigenvalue weighted by molar-refractivity contribution is 5.00. The van der Waals surface area contributed by atoms with Gasteiger partial charge in [-0.15, -0.1) is 0 Å². The molecule has 2 aliphatic rings. The minimum atomic E-state index is -0.0205. The molecule has 0 aromatic rings. The minimum absolute atomic E-state index is 0.0205. The van der Waals surface area contributed by atoms with Crippen LogP contribution in [0.15, 0.2) is 0 Å². The zero-order valence-electron chi connectivity index (χ0n) is 12.6. The molecular weight excluding hydrogens is 224 g/mol. The molecule has 3 heteroatoms. The molecular formula is C15H30N2O. The van der Waals surface area contributed by atoms with Gasteiger partial charge in [-0.2, -0.15) is 0 Å². The van der Waals surface area contributed by atoms with Crippen molar-refractivity contribution in [2.45, 2.75) is 64.5 Å². The van der Waals surface area contributed by atoms with Crippen LogP contribution in [-0.2, 0) is 4.74 Å². The summed E-state index contributed by atoms with van der Waals surface area (Å²) in [5, 5.41) is 0. The summed E-state index contributed by atoms with van der Waals surface area (Å²) >= 11 is 0. The largest absolute Gasteiger partial charge is 0.373 e. The quantitative estimate of drug-likeness (QED) is 0.822. The summed E-state index contributed by atoms with van der Waals surface area (Å²) in [5.41, 5.74) is 6.88. The first kappa shape index (κ1) is 14.3. The molecule has 0 atom stereocenters. The predicted octanol–water partition coefficient (Wildman–Crippen LogP) is 2.39. The molecule has 106 valence electrons. The Labute approximate surface area is 112 Å². The van der Waals surface area contributed by atoms with Gasteiger partial charge in [0.25, 0.3) is 0 Å². The Balaban J connectivity index is 2.08. The highest BCUT2D eigenvalue weighted by atomic mass is 16.5. The smallest absolute Gasteiger partial charge is 0.0753 e. The lowest BCUT2D eigenvalue weighted by molar-refractivity contribution is -0.125. The van der Waals surface area contributed by atoms with Gasteiger partial charge in [0.05, 0.1) is 12.2 Å². The van der Waals surface area contributed by atoms with Crippen molar-refractivity contribution in [1.82, 2.24) is 4.90 Å². The highest BCUT2D eigenvalue weighted by Crippen LogP contribution is 2.43. The zero-order valence-corrected chi connectivity index (χ0v) is 12.6. The van der Waals surface area contributed by atoms with Gasteiger partial charge in [0, 0.05) is 25.2 Å². The van der Waals surface area contributed by atoms with Crippen LogP contribution >= 0.6 is 0 Å². The van der Waals surface area contributed by atoms with Crippen LogP contribution in [0.1, 0.15) is 53.4 Å². The Morgan fingerprint density at radius 1 is 1.06 bits per heavy atom. The van der Waals surface area contributed by atoms with Gasteiger partial charge in [0.15, 0.2) is 0 Å². The molecule has 0 unspecified atom stereocenters. The normalized spacial score (nSPS) is 31.2. The molecule has 1 saturated carbocycles. The van der Waals surface area contributed by atoms with Gasteiger partial charge in [0.2, 0.25) is 0 Å². The second-order valence-corrected chi connectivity index (χ2v) is 7.62. The zero-order chi connectivity index (χ0) is 13.4. The molecule has 3 nitrogen and oxygen atoms in total. The van der Waals surface area contributed by atoms with Gasteiger partial charge >= 0.3 is 0 Å². The van der Waals surface area contributed by atoms with Crippen LogP contribution in [0.4, 0.5) is 0 Å². The Morgan fingerprint density at radius 2 is 1.67 bits per heavy atom. The summed E-state index contributed by atoms with van der Waals surface area (Å²) < 4.78 is 5.83. The summed E-state index contributed by atoms with van der Waals surface area (Å²) in [4.78, 5) is 2.62. The lowest BCUT2D eigenvalue weighted by Gasteiger charge is -2.53. The number of morpholine rings is 1. The third kappa shape index (κ3) is 2.89. The van der Waals surface area contributed by atoms with Crippen LogP contribution in [0.3, 0.4) is 0 Å². The molecule has 2 N–H and O–H groups in total. The second-order valence-electron chi connectivity index (χ2n) is 7.62. The van der Waals surface area contributed by atoms with Crippen molar-refractivity contribution in [1.29, 1.82) is 0 Å². The molecule has 1 aliphatic carbocycles. The molecule has 2 fully saturated rings. The van der Waals surface area contributed by atoms with E-state index in [4.69, 9.17) is 10.5 Å². The predicted molar refractivity (Wildman–Crippen MR) is 75.6 cm³/mol. The summed E-state index contributed by atoms with van der Waals surface area (Å²) in [5.74, 6) is 0. The highest BCUT2D eigenvalue weighted by Gasteiger charge is 2.44.